The first kappa shape index (κ1) is 15.8. The Morgan fingerprint density at radius 2 is 2.00 bits per heavy atom. The normalized spacial score (nSPS) is 13.0. The fourth-order valence-corrected chi connectivity index (χ4v) is 3.34. The lowest BCUT2D eigenvalue weighted by Gasteiger charge is -2.18. The first-order valence-corrected chi connectivity index (χ1v) is 8.99. The van der Waals surface area contributed by atoms with Crippen LogP contribution in [0.2, 0.25) is 0 Å². The summed E-state index contributed by atoms with van der Waals surface area (Å²) in [4.78, 5) is 20.7. The van der Waals surface area contributed by atoms with Gasteiger partial charge in [-0.05, 0) is 30.3 Å². The molecule has 0 saturated heterocycles. The number of imidazole rings is 1. The Labute approximate surface area is 148 Å². The molecule has 0 atom stereocenters. The van der Waals surface area contributed by atoms with Gasteiger partial charge in [0.15, 0.2) is 11.5 Å². The van der Waals surface area contributed by atoms with Crippen LogP contribution in [0, 0.1) is 0 Å². The van der Waals surface area contributed by atoms with Crippen molar-refractivity contribution in [3.05, 3.63) is 48.3 Å². The highest BCUT2D eigenvalue weighted by molar-refractivity contribution is 8.00. The third-order valence-electron chi connectivity index (χ3n) is 3.77. The smallest absolute Gasteiger partial charge is 0.230 e. The molecule has 2 aromatic carbocycles. The summed E-state index contributed by atoms with van der Waals surface area (Å²) in [7, 11) is 0. The molecule has 1 amide bonds. The zero-order valence-corrected chi connectivity index (χ0v) is 14.3. The number of carbonyl (C=O) groups excluding carboxylic acids is 1. The Kier molecular flexibility index (Phi) is 4.47. The van der Waals surface area contributed by atoms with Gasteiger partial charge >= 0.3 is 0 Å². The van der Waals surface area contributed by atoms with Gasteiger partial charge in [-0.25, -0.2) is 4.98 Å². The maximum absolute atomic E-state index is 12.1. The van der Waals surface area contributed by atoms with Crippen molar-refractivity contribution in [3.8, 4) is 11.5 Å². The van der Waals surface area contributed by atoms with Crippen LogP contribution in [0.25, 0.3) is 11.0 Å². The minimum Gasteiger partial charge on any atom is -0.486 e. The van der Waals surface area contributed by atoms with Gasteiger partial charge < -0.3 is 19.8 Å². The quantitative estimate of drug-likeness (QED) is 0.688. The molecule has 0 bridgehead atoms. The van der Waals surface area contributed by atoms with Crippen molar-refractivity contribution < 1.29 is 14.3 Å². The van der Waals surface area contributed by atoms with Gasteiger partial charge in [-0.1, -0.05) is 12.1 Å². The van der Waals surface area contributed by atoms with E-state index in [1.165, 1.54) is 11.8 Å². The van der Waals surface area contributed by atoms with Gasteiger partial charge in [0.25, 0.3) is 0 Å². The van der Waals surface area contributed by atoms with Gasteiger partial charge in [0.1, 0.15) is 19.0 Å². The van der Waals surface area contributed by atoms with Crippen LogP contribution in [0.5, 0.6) is 11.5 Å². The van der Waals surface area contributed by atoms with E-state index >= 15 is 0 Å². The van der Waals surface area contributed by atoms with E-state index in [1.54, 1.807) is 0 Å². The number of nitrogens with one attached hydrogen (secondary N) is 2. The van der Waals surface area contributed by atoms with E-state index in [1.807, 2.05) is 42.5 Å². The molecule has 0 unspecified atom stereocenters. The monoisotopic (exact) mass is 355 g/mol. The number of fused-ring (bicyclic) bond motifs is 2. The average molecular weight is 355 g/mol. The summed E-state index contributed by atoms with van der Waals surface area (Å²) in [5.74, 6) is 2.53. The van der Waals surface area contributed by atoms with E-state index in [2.05, 4.69) is 15.3 Å². The Bertz CT molecular complexity index is 876. The largest absolute Gasteiger partial charge is 0.486 e. The minimum absolute atomic E-state index is 0.0413. The van der Waals surface area contributed by atoms with Crippen LogP contribution in [0.15, 0.2) is 47.4 Å². The number of thioether (sulfide) groups is 1. The van der Waals surface area contributed by atoms with E-state index in [0.717, 1.165) is 33.3 Å². The second-order valence-electron chi connectivity index (χ2n) is 5.57. The number of rotatable bonds is 5. The predicted molar refractivity (Wildman–Crippen MR) is 96.1 cm³/mol. The second kappa shape index (κ2) is 7.06. The van der Waals surface area contributed by atoms with Crippen molar-refractivity contribution in [2.75, 3.05) is 19.0 Å². The molecule has 1 aromatic heterocycles. The molecule has 128 valence electrons. The number of nitrogens with zero attached hydrogens (tertiary/aromatic N) is 1. The molecule has 0 aliphatic carbocycles. The highest BCUT2D eigenvalue weighted by atomic mass is 32.2. The van der Waals surface area contributed by atoms with Gasteiger partial charge in [-0.3, -0.25) is 4.79 Å². The number of aromatic amines is 1. The molecule has 4 rings (SSSR count). The maximum atomic E-state index is 12.1. The lowest BCUT2D eigenvalue weighted by atomic mass is 10.3. The van der Waals surface area contributed by atoms with Crippen LogP contribution in [-0.4, -0.2) is 34.8 Å². The predicted octanol–water partition coefficient (Wildman–Crippen LogP) is 2.74. The number of carbonyl (C=O) groups is 1. The molecule has 0 fully saturated rings. The van der Waals surface area contributed by atoms with E-state index in [4.69, 9.17) is 9.47 Å². The molecule has 7 heteroatoms. The summed E-state index contributed by atoms with van der Waals surface area (Å²) < 4.78 is 11.0. The highest BCUT2D eigenvalue weighted by Crippen LogP contribution is 2.34. The molecule has 2 N–H and O–H groups in total. The summed E-state index contributed by atoms with van der Waals surface area (Å²) in [6.07, 6.45) is 0. The summed E-state index contributed by atoms with van der Waals surface area (Å²) in [6.45, 7) is 1.51. The molecule has 25 heavy (non-hydrogen) atoms. The minimum atomic E-state index is -0.0413. The molecule has 3 aromatic rings. The average Bonchev–Trinajstić information content (AvgIpc) is 3.07. The summed E-state index contributed by atoms with van der Waals surface area (Å²) in [5.41, 5.74) is 1.87. The Morgan fingerprint density at radius 3 is 2.88 bits per heavy atom. The molecule has 0 radical (unpaired) electrons. The number of hydrogen-bond acceptors (Lipinski definition) is 5. The van der Waals surface area contributed by atoms with Crippen LogP contribution < -0.4 is 14.8 Å². The van der Waals surface area contributed by atoms with Gasteiger partial charge in [0.05, 0.1) is 23.3 Å². The Morgan fingerprint density at radius 1 is 1.16 bits per heavy atom. The molecule has 1 aliphatic rings. The lowest BCUT2D eigenvalue weighted by molar-refractivity contribution is -0.118. The summed E-state index contributed by atoms with van der Waals surface area (Å²) >= 11 is 1.46. The van der Waals surface area contributed by atoms with Crippen LogP contribution in [0.1, 0.15) is 5.82 Å². The third-order valence-corrected chi connectivity index (χ3v) is 4.77. The summed E-state index contributed by atoms with van der Waals surface area (Å²) in [6, 6.07) is 13.5. The SMILES string of the molecule is O=C(CSc1ccc2c(c1)OCCO2)NCc1nc2ccccc2[nH]1. The number of benzene rings is 2. The van der Waals surface area contributed by atoms with E-state index in [0.29, 0.717) is 25.5 Å². The molecule has 0 saturated carbocycles. The van der Waals surface area contributed by atoms with Gasteiger partial charge in [0.2, 0.25) is 5.91 Å². The van der Waals surface area contributed by atoms with Crippen molar-refractivity contribution in [3.63, 3.8) is 0 Å². The van der Waals surface area contributed by atoms with Gasteiger partial charge in [0, 0.05) is 4.90 Å². The number of para-hydroxylation sites is 2. The van der Waals surface area contributed by atoms with Crippen molar-refractivity contribution in [1.29, 1.82) is 0 Å². The van der Waals surface area contributed by atoms with Crippen molar-refractivity contribution in [2.45, 2.75) is 11.4 Å². The van der Waals surface area contributed by atoms with Crippen LogP contribution in [0.4, 0.5) is 0 Å². The van der Waals surface area contributed by atoms with E-state index in [9.17, 15) is 4.79 Å². The Balaban J connectivity index is 1.30. The van der Waals surface area contributed by atoms with Crippen LogP contribution in [0.3, 0.4) is 0 Å². The first-order valence-electron chi connectivity index (χ1n) is 8.01. The van der Waals surface area contributed by atoms with Crippen molar-refractivity contribution in [2.24, 2.45) is 0 Å². The highest BCUT2D eigenvalue weighted by Gasteiger charge is 2.12. The first-order chi connectivity index (χ1) is 12.3. The maximum Gasteiger partial charge on any atom is 0.230 e. The van der Waals surface area contributed by atoms with Crippen molar-refractivity contribution >= 4 is 28.7 Å². The number of aromatic nitrogens is 2. The number of amides is 1. The molecule has 6 nitrogen and oxygen atoms in total. The number of H-pyrrole nitrogens is 1. The van der Waals surface area contributed by atoms with Crippen LogP contribution in [-0.2, 0) is 11.3 Å². The fourth-order valence-electron chi connectivity index (χ4n) is 2.59. The van der Waals surface area contributed by atoms with E-state index < -0.39 is 0 Å². The molecular weight excluding hydrogens is 338 g/mol. The fraction of sp³-hybridized carbons (Fsp3) is 0.222. The zero-order valence-electron chi connectivity index (χ0n) is 13.5. The molecule has 0 spiro atoms. The zero-order chi connectivity index (χ0) is 17.1. The standard InChI is InChI=1S/C18H17N3O3S/c22-18(19-10-17-20-13-3-1-2-4-14(13)21-17)11-25-12-5-6-15-16(9-12)24-8-7-23-15/h1-6,9H,7-8,10-11H2,(H,19,22)(H,20,21). The lowest BCUT2D eigenvalue weighted by Crippen LogP contribution is -2.25. The molecular formula is C18H17N3O3S. The summed E-state index contributed by atoms with van der Waals surface area (Å²) in [5, 5.41) is 2.88. The van der Waals surface area contributed by atoms with Gasteiger partial charge in [-0.15, -0.1) is 11.8 Å². The van der Waals surface area contributed by atoms with Crippen molar-refractivity contribution in [1.82, 2.24) is 15.3 Å². The number of ether oxygens (including phenoxy) is 2. The molecule has 1 aliphatic heterocycles. The molecule has 2 heterocycles. The Hall–Kier alpha value is -2.67. The number of hydrogen-bond donors (Lipinski definition) is 2. The topological polar surface area (TPSA) is 76.2 Å². The van der Waals surface area contributed by atoms with Gasteiger partial charge in [-0.2, -0.15) is 0 Å². The van der Waals surface area contributed by atoms with E-state index in [-0.39, 0.29) is 5.91 Å². The third kappa shape index (κ3) is 3.71. The second-order valence-corrected chi connectivity index (χ2v) is 6.62. The van der Waals surface area contributed by atoms with Crippen LogP contribution >= 0.6 is 11.8 Å².